The number of hydrogen-bond donors (Lipinski definition) is 1. The second kappa shape index (κ2) is 5.47. The van der Waals surface area contributed by atoms with Crippen LogP contribution >= 0.6 is 11.3 Å². The lowest BCUT2D eigenvalue weighted by molar-refractivity contribution is 0.424. The summed E-state index contributed by atoms with van der Waals surface area (Å²) in [5.74, 6) is 0. The van der Waals surface area contributed by atoms with E-state index in [4.69, 9.17) is 0 Å². The number of hydrogen-bond acceptors (Lipinski definition) is 3. The molecule has 0 spiro atoms. The number of aryl methyl sites for hydroxylation is 2. The van der Waals surface area contributed by atoms with Crippen LogP contribution in [-0.4, -0.2) is 15.3 Å². The van der Waals surface area contributed by atoms with Gasteiger partial charge < -0.3 is 5.32 Å². The SMILES string of the molecule is CCc1ccc(-c2nn(C)cc2CNC(C)(C)C)s1. The third-order valence-electron chi connectivity index (χ3n) is 2.96. The zero-order chi connectivity index (χ0) is 14.0. The van der Waals surface area contributed by atoms with Crippen molar-refractivity contribution in [3.05, 3.63) is 28.8 Å². The molecule has 2 aromatic rings. The van der Waals surface area contributed by atoms with Gasteiger partial charge in [-0.25, -0.2) is 0 Å². The van der Waals surface area contributed by atoms with Crippen LogP contribution in [0.2, 0.25) is 0 Å². The molecule has 0 aliphatic rings. The first-order valence-corrected chi connectivity index (χ1v) is 7.57. The maximum Gasteiger partial charge on any atom is 0.107 e. The Morgan fingerprint density at radius 3 is 2.63 bits per heavy atom. The van der Waals surface area contributed by atoms with Gasteiger partial charge in [-0.1, -0.05) is 6.92 Å². The van der Waals surface area contributed by atoms with Crippen LogP contribution in [-0.2, 0) is 20.0 Å². The van der Waals surface area contributed by atoms with Gasteiger partial charge >= 0.3 is 0 Å². The predicted octanol–water partition coefficient (Wildman–Crippen LogP) is 3.60. The molecule has 0 radical (unpaired) electrons. The molecule has 0 atom stereocenters. The van der Waals surface area contributed by atoms with Crippen molar-refractivity contribution in [2.45, 2.75) is 46.2 Å². The molecule has 2 rings (SSSR count). The average Bonchev–Trinajstić information content (AvgIpc) is 2.91. The van der Waals surface area contributed by atoms with Crippen molar-refractivity contribution in [3.63, 3.8) is 0 Å². The maximum atomic E-state index is 4.62. The van der Waals surface area contributed by atoms with Gasteiger partial charge in [-0.05, 0) is 39.3 Å². The summed E-state index contributed by atoms with van der Waals surface area (Å²) in [5.41, 5.74) is 2.50. The van der Waals surface area contributed by atoms with Crippen LogP contribution in [0.15, 0.2) is 18.3 Å². The van der Waals surface area contributed by atoms with Crippen molar-refractivity contribution in [2.24, 2.45) is 7.05 Å². The van der Waals surface area contributed by atoms with E-state index in [0.29, 0.717) is 0 Å². The van der Waals surface area contributed by atoms with E-state index in [9.17, 15) is 0 Å². The molecular weight excluding hydrogens is 254 g/mol. The number of nitrogens with one attached hydrogen (secondary N) is 1. The summed E-state index contributed by atoms with van der Waals surface area (Å²) < 4.78 is 1.90. The van der Waals surface area contributed by atoms with Gasteiger partial charge in [-0.3, -0.25) is 4.68 Å². The van der Waals surface area contributed by atoms with Gasteiger partial charge in [0.1, 0.15) is 5.69 Å². The lowest BCUT2D eigenvalue weighted by Gasteiger charge is -2.20. The highest BCUT2D eigenvalue weighted by atomic mass is 32.1. The smallest absolute Gasteiger partial charge is 0.107 e. The van der Waals surface area contributed by atoms with Gasteiger partial charge in [0, 0.05) is 35.8 Å². The Morgan fingerprint density at radius 1 is 1.32 bits per heavy atom. The van der Waals surface area contributed by atoms with Gasteiger partial charge in [0.2, 0.25) is 0 Å². The fourth-order valence-electron chi connectivity index (χ4n) is 1.93. The summed E-state index contributed by atoms with van der Waals surface area (Å²) in [6.07, 6.45) is 3.20. The molecule has 3 nitrogen and oxygen atoms in total. The summed E-state index contributed by atoms with van der Waals surface area (Å²) in [6.45, 7) is 9.60. The van der Waals surface area contributed by atoms with Crippen molar-refractivity contribution in [1.82, 2.24) is 15.1 Å². The minimum Gasteiger partial charge on any atom is -0.308 e. The van der Waals surface area contributed by atoms with Gasteiger partial charge in [0.15, 0.2) is 0 Å². The Hall–Kier alpha value is -1.13. The van der Waals surface area contributed by atoms with Gasteiger partial charge in [-0.15, -0.1) is 11.3 Å². The molecule has 0 aliphatic carbocycles. The van der Waals surface area contributed by atoms with Crippen molar-refractivity contribution < 1.29 is 0 Å². The molecule has 1 N–H and O–H groups in total. The van der Waals surface area contributed by atoms with E-state index in [2.05, 4.69) is 56.4 Å². The highest BCUT2D eigenvalue weighted by Gasteiger charge is 2.15. The van der Waals surface area contributed by atoms with E-state index in [1.165, 1.54) is 15.3 Å². The van der Waals surface area contributed by atoms with Crippen LogP contribution < -0.4 is 5.32 Å². The third-order valence-corrected chi connectivity index (χ3v) is 4.19. The molecule has 0 aliphatic heterocycles. The molecule has 0 saturated carbocycles. The van der Waals surface area contributed by atoms with E-state index < -0.39 is 0 Å². The molecule has 0 aromatic carbocycles. The molecule has 19 heavy (non-hydrogen) atoms. The zero-order valence-corrected chi connectivity index (χ0v) is 13.3. The highest BCUT2D eigenvalue weighted by molar-refractivity contribution is 7.15. The monoisotopic (exact) mass is 277 g/mol. The van der Waals surface area contributed by atoms with Crippen LogP contribution in [0.3, 0.4) is 0 Å². The maximum absolute atomic E-state index is 4.62. The molecule has 2 aromatic heterocycles. The second-order valence-corrected chi connectivity index (χ2v) is 7.07. The number of thiophene rings is 1. The largest absolute Gasteiger partial charge is 0.308 e. The van der Waals surface area contributed by atoms with Gasteiger partial charge in [-0.2, -0.15) is 5.10 Å². The van der Waals surface area contributed by atoms with Crippen LogP contribution in [0, 0.1) is 0 Å². The van der Waals surface area contributed by atoms with Gasteiger partial charge in [0.05, 0.1) is 4.88 Å². The van der Waals surface area contributed by atoms with E-state index in [-0.39, 0.29) is 5.54 Å². The topological polar surface area (TPSA) is 29.9 Å². The van der Waals surface area contributed by atoms with E-state index in [1.54, 1.807) is 0 Å². The second-order valence-electron chi connectivity index (χ2n) is 5.90. The van der Waals surface area contributed by atoms with Crippen molar-refractivity contribution >= 4 is 11.3 Å². The van der Waals surface area contributed by atoms with Crippen molar-refractivity contribution in [3.8, 4) is 10.6 Å². The lowest BCUT2D eigenvalue weighted by atomic mass is 10.1. The summed E-state index contributed by atoms with van der Waals surface area (Å²) >= 11 is 1.84. The fraction of sp³-hybridized carbons (Fsp3) is 0.533. The van der Waals surface area contributed by atoms with Crippen molar-refractivity contribution in [1.29, 1.82) is 0 Å². The molecule has 0 unspecified atom stereocenters. The lowest BCUT2D eigenvalue weighted by Crippen LogP contribution is -2.35. The minimum absolute atomic E-state index is 0.122. The molecule has 0 amide bonds. The molecule has 0 fully saturated rings. The van der Waals surface area contributed by atoms with Gasteiger partial charge in [0.25, 0.3) is 0 Å². The average molecular weight is 277 g/mol. The standard InChI is InChI=1S/C15H23N3S/c1-6-12-7-8-13(19-12)14-11(10-18(5)17-14)9-16-15(2,3)4/h7-8,10,16H,6,9H2,1-5H3. The predicted molar refractivity (Wildman–Crippen MR) is 82.5 cm³/mol. The van der Waals surface area contributed by atoms with Crippen LogP contribution in [0.4, 0.5) is 0 Å². The quantitative estimate of drug-likeness (QED) is 0.925. The first kappa shape index (κ1) is 14.3. The highest BCUT2D eigenvalue weighted by Crippen LogP contribution is 2.29. The van der Waals surface area contributed by atoms with E-state index >= 15 is 0 Å². The third kappa shape index (κ3) is 3.67. The molecule has 2 heterocycles. The number of rotatable bonds is 4. The van der Waals surface area contributed by atoms with E-state index in [1.807, 2.05) is 23.1 Å². The van der Waals surface area contributed by atoms with E-state index in [0.717, 1.165) is 18.7 Å². The molecular formula is C15H23N3S. The minimum atomic E-state index is 0.122. The van der Waals surface area contributed by atoms with Crippen molar-refractivity contribution in [2.75, 3.05) is 0 Å². The van der Waals surface area contributed by atoms with Crippen LogP contribution in [0.1, 0.15) is 38.1 Å². The van der Waals surface area contributed by atoms with Crippen LogP contribution in [0.5, 0.6) is 0 Å². The Morgan fingerprint density at radius 2 is 2.05 bits per heavy atom. The Balaban J connectivity index is 2.25. The van der Waals surface area contributed by atoms with Crippen LogP contribution in [0.25, 0.3) is 10.6 Å². The first-order chi connectivity index (χ1) is 8.89. The fourth-order valence-corrected chi connectivity index (χ4v) is 2.90. The Bertz CT molecular complexity index is 546. The summed E-state index contributed by atoms with van der Waals surface area (Å²) in [4.78, 5) is 2.68. The molecule has 0 bridgehead atoms. The normalized spacial score (nSPS) is 12.1. The Kier molecular flexibility index (Phi) is 4.11. The molecule has 104 valence electrons. The number of aromatic nitrogens is 2. The Labute approximate surface area is 119 Å². The summed E-state index contributed by atoms with van der Waals surface area (Å²) in [5, 5.41) is 8.15. The molecule has 0 saturated heterocycles. The molecule has 4 heteroatoms. The zero-order valence-electron chi connectivity index (χ0n) is 12.4. The summed E-state index contributed by atoms with van der Waals surface area (Å²) in [6, 6.07) is 4.39. The first-order valence-electron chi connectivity index (χ1n) is 6.75. The summed E-state index contributed by atoms with van der Waals surface area (Å²) in [7, 11) is 1.98. The number of nitrogens with zero attached hydrogens (tertiary/aromatic N) is 2.